The molecule has 0 spiro atoms. The summed E-state index contributed by atoms with van der Waals surface area (Å²) in [7, 11) is 0. The van der Waals surface area contributed by atoms with Gasteiger partial charge >= 0.3 is 192 Å². The van der Waals surface area contributed by atoms with Crippen LogP contribution in [0, 0.1) is 0 Å². The van der Waals surface area contributed by atoms with E-state index in [0.717, 1.165) is 8.87 Å². The molecular formula is C24H52OSn2. The Balaban J connectivity index is 0. The molecule has 0 saturated carbocycles. The summed E-state index contributed by atoms with van der Waals surface area (Å²) in [5.74, 6) is 0. The second-order valence-electron chi connectivity index (χ2n) is 8.03. The van der Waals surface area contributed by atoms with Gasteiger partial charge < -0.3 is 0 Å². The van der Waals surface area contributed by atoms with E-state index in [2.05, 4.69) is 27.7 Å². The summed E-state index contributed by atoms with van der Waals surface area (Å²) in [6, 6.07) is 0. The fourth-order valence-electron chi connectivity index (χ4n) is 3.06. The van der Waals surface area contributed by atoms with E-state index in [1.807, 2.05) is 0 Å². The van der Waals surface area contributed by atoms with Crippen LogP contribution in [0.2, 0.25) is 17.7 Å². The maximum atomic E-state index is 11.9. The molecule has 0 unspecified atom stereocenters. The molecule has 0 fully saturated rings. The molecule has 3 heteroatoms. The van der Waals surface area contributed by atoms with Crippen LogP contribution < -0.4 is 0 Å². The van der Waals surface area contributed by atoms with Gasteiger partial charge in [0.15, 0.2) is 0 Å². The second-order valence-corrected chi connectivity index (χ2v) is 18.2. The predicted molar refractivity (Wildman–Crippen MR) is 128 cm³/mol. The first-order valence-corrected chi connectivity index (χ1v) is 21.7. The van der Waals surface area contributed by atoms with Gasteiger partial charge in [-0.2, -0.15) is 0 Å². The van der Waals surface area contributed by atoms with Crippen LogP contribution in [0.5, 0.6) is 0 Å². The average molecular weight is 594 g/mol. The van der Waals surface area contributed by atoms with Gasteiger partial charge in [-0.25, -0.2) is 0 Å². The minimum atomic E-state index is -2.11. The molecule has 0 aliphatic carbocycles. The zero-order valence-electron chi connectivity index (χ0n) is 19.6. The predicted octanol–water partition coefficient (Wildman–Crippen LogP) is 9.26. The number of rotatable bonds is 20. The van der Waals surface area contributed by atoms with E-state index in [0.29, 0.717) is 0 Å². The second kappa shape index (κ2) is 29.6. The van der Waals surface area contributed by atoms with Crippen molar-refractivity contribution in [1.82, 2.24) is 0 Å². The van der Waals surface area contributed by atoms with Gasteiger partial charge in [-0.05, 0) is 0 Å². The van der Waals surface area contributed by atoms with E-state index in [9.17, 15) is 3.08 Å². The quantitative estimate of drug-likeness (QED) is 0.102. The fraction of sp³-hybridized carbons (Fsp3) is 1.00. The SMILES string of the molecule is CCCCCCC[CH2][Sn](=[O])[CH2]CCCCCCC.CCC[CH2][Sn][CH2]CCC. The molecule has 0 saturated heterocycles. The maximum absolute atomic E-state index is 11.9. The third-order valence-electron chi connectivity index (χ3n) is 5.03. The van der Waals surface area contributed by atoms with Gasteiger partial charge in [0.25, 0.3) is 0 Å². The average Bonchev–Trinajstić information content (AvgIpc) is 2.68. The molecule has 0 bridgehead atoms. The summed E-state index contributed by atoms with van der Waals surface area (Å²) in [5.41, 5.74) is 0. The van der Waals surface area contributed by atoms with Gasteiger partial charge in [0.1, 0.15) is 0 Å². The normalized spacial score (nSPS) is 10.5. The minimum absolute atomic E-state index is 0.149. The van der Waals surface area contributed by atoms with E-state index in [1.54, 1.807) is 8.87 Å². The van der Waals surface area contributed by atoms with Crippen molar-refractivity contribution in [3.05, 3.63) is 0 Å². The Kier molecular flexibility index (Phi) is 33.5. The molecule has 1 nitrogen and oxygen atoms in total. The van der Waals surface area contributed by atoms with Gasteiger partial charge in [0.05, 0.1) is 0 Å². The molecule has 0 aromatic heterocycles. The summed E-state index contributed by atoms with van der Waals surface area (Å²) in [6.45, 7) is 9.09. The van der Waals surface area contributed by atoms with Gasteiger partial charge in [-0.3, -0.25) is 0 Å². The molecule has 162 valence electrons. The summed E-state index contributed by atoms with van der Waals surface area (Å²) < 4.78 is 17.4. The molecule has 0 heterocycles. The van der Waals surface area contributed by atoms with Crippen LogP contribution in [0.3, 0.4) is 0 Å². The Morgan fingerprint density at radius 1 is 0.481 bits per heavy atom. The molecule has 27 heavy (non-hydrogen) atoms. The topological polar surface area (TPSA) is 17.1 Å². The van der Waals surface area contributed by atoms with Crippen molar-refractivity contribution in [1.29, 1.82) is 0 Å². The standard InChI is InChI=1S/2C8H17.2C4H9.O.2Sn/c2*1-3-5-7-8-6-4-2;2*1-3-4-2;;;/h2*1,3-8H2,2H3;2*1,3-4H2,2H3;;;. The van der Waals surface area contributed by atoms with Gasteiger partial charge in [-0.1, -0.05) is 0 Å². The van der Waals surface area contributed by atoms with E-state index < -0.39 is 19.7 Å². The van der Waals surface area contributed by atoms with Gasteiger partial charge in [0.2, 0.25) is 0 Å². The molecule has 0 amide bonds. The molecule has 0 aliphatic rings. The summed E-state index contributed by atoms with van der Waals surface area (Å²) in [4.78, 5) is 0. The van der Waals surface area contributed by atoms with Crippen molar-refractivity contribution in [2.75, 3.05) is 0 Å². The Hall–Kier alpha value is 1.40. The van der Waals surface area contributed by atoms with Gasteiger partial charge in [-0.15, -0.1) is 0 Å². The van der Waals surface area contributed by atoms with Crippen LogP contribution in [-0.2, 0) is 3.08 Å². The van der Waals surface area contributed by atoms with Crippen LogP contribution in [0.4, 0.5) is 0 Å². The molecular weight excluding hydrogens is 542 g/mol. The van der Waals surface area contributed by atoms with Crippen LogP contribution in [0.1, 0.15) is 130 Å². The Labute approximate surface area is 191 Å². The van der Waals surface area contributed by atoms with Crippen molar-refractivity contribution >= 4 is 40.9 Å². The van der Waals surface area contributed by atoms with Crippen LogP contribution >= 0.6 is 0 Å². The first kappa shape index (κ1) is 30.6. The van der Waals surface area contributed by atoms with Crippen molar-refractivity contribution < 1.29 is 3.08 Å². The van der Waals surface area contributed by atoms with E-state index in [1.165, 1.54) is 103 Å². The summed E-state index contributed by atoms with van der Waals surface area (Å²) in [6.07, 6.45) is 21.9. The van der Waals surface area contributed by atoms with E-state index in [4.69, 9.17) is 0 Å². The van der Waals surface area contributed by atoms with Crippen LogP contribution in [-0.4, -0.2) is 40.9 Å². The molecule has 0 N–H and O–H groups in total. The van der Waals surface area contributed by atoms with E-state index in [-0.39, 0.29) is 21.1 Å². The first-order valence-electron chi connectivity index (χ1n) is 12.4. The molecule has 0 rings (SSSR count). The van der Waals surface area contributed by atoms with Crippen LogP contribution in [0.15, 0.2) is 0 Å². The molecule has 0 aromatic carbocycles. The monoisotopic (exact) mass is 596 g/mol. The zero-order chi connectivity index (χ0) is 20.4. The van der Waals surface area contributed by atoms with Gasteiger partial charge in [0, 0.05) is 0 Å². The number of unbranched alkanes of at least 4 members (excludes halogenated alkanes) is 12. The molecule has 0 aromatic rings. The van der Waals surface area contributed by atoms with Crippen LogP contribution in [0.25, 0.3) is 0 Å². The Bertz CT molecular complexity index is 245. The van der Waals surface area contributed by atoms with Crippen molar-refractivity contribution in [3.63, 3.8) is 0 Å². The van der Waals surface area contributed by atoms with Crippen molar-refractivity contribution in [2.24, 2.45) is 0 Å². The molecule has 0 aliphatic heterocycles. The third kappa shape index (κ3) is 32.3. The fourth-order valence-corrected chi connectivity index (χ4v) is 11.6. The van der Waals surface area contributed by atoms with E-state index >= 15 is 0 Å². The van der Waals surface area contributed by atoms with Crippen molar-refractivity contribution in [2.45, 2.75) is 148 Å². The number of hydrogen-bond acceptors (Lipinski definition) is 1. The third-order valence-corrected chi connectivity index (χ3v) is 14.3. The molecule has 2 radical (unpaired) electrons. The first-order chi connectivity index (χ1) is 13.2. The summed E-state index contributed by atoms with van der Waals surface area (Å²) >= 11 is -1.96. The Morgan fingerprint density at radius 3 is 1.19 bits per heavy atom. The number of hydrogen-bond donors (Lipinski definition) is 0. The summed E-state index contributed by atoms with van der Waals surface area (Å²) in [5, 5.41) is 0. The Morgan fingerprint density at radius 2 is 0.815 bits per heavy atom. The van der Waals surface area contributed by atoms with Crippen molar-refractivity contribution in [3.8, 4) is 0 Å². The molecule has 0 atom stereocenters. The zero-order valence-corrected chi connectivity index (χ0v) is 25.3.